The van der Waals surface area contributed by atoms with Crippen LogP contribution in [0.2, 0.25) is 10.0 Å². The Balaban J connectivity index is 1.40. The van der Waals surface area contributed by atoms with Gasteiger partial charge in [-0.05, 0) is 42.8 Å². The number of aromatic nitrogens is 1. The lowest BCUT2D eigenvalue weighted by Crippen LogP contribution is -2.54. The van der Waals surface area contributed by atoms with Crippen molar-refractivity contribution < 1.29 is 9.00 Å². The number of thiazole rings is 1. The maximum absolute atomic E-state index is 12.8. The van der Waals surface area contributed by atoms with Gasteiger partial charge in [0, 0.05) is 41.4 Å². The van der Waals surface area contributed by atoms with Crippen LogP contribution in [0.15, 0.2) is 46.7 Å². The van der Waals surface area contributed by atoms with E-state index in [1.54, 1.807) is 26.1 Å². The maximum Gasteiger partial charge on any atom is 0.235 e. The fourth-order valence-corrected chi connectivity index (χ4v) is 5.54. The van der Waals surface area contributed by atoms with E-state index in [2.05, 4.69) is 9.88 Å². The molecule has 1 aliphatic rings. The van der Waals surface area contributed by atoms with Crippen molar-refractivity contribution in [1.29, 1.82) is 0 Å². The minimum Gasteiger partial charge on any atom is -0.370 e. The average Bonchev–Trinajstić information content (AvgIpc) is 3.10. The van der Waals surface area contributed by atoms with Crippen LogP contribution < -0.4 is 14.9 Å². The fraction of sp³-hybridized carbons (Fsp3) is 0.238. The van der Waals surface area contributed by atoms with Crippen molar-refractivity contribution in [3.8, 4) is 11.1 Å². The molecule has 0 saturated carbocycles. The summed E-state index contributed by atoms with van der Waals surface area (Å²) in [6.07, 6.45) is 0. The monoisotopic (exact) mass is 494 g/mol. The third-order valence-electron chi connectivity index (χ3n) is 5.25. The standard InChI is InChI=1S/C21H20Cl2N4O2S2/c1-12-20(31(24)29)30-21(25-12)26(2)19(28)14-10-27(11-14)16-6-3-13(4-7-16)17-9-15(22)5-8-18(17)23/h3-9,14H,10-11,24H2,1-2H3. The molecule has 6 nitrogen and oxygen atoms in total. The maximum atomic E-state index is 12.8. The molecule has 1 fully saturated rings. The Morgan fingerprint density at radius 3 is 2.52 bits per heavy atom. The summed E-state index contributed by atoms with van der Waals surface area (Å²) in [7, 11) is 0.0872. The summed E-state index contributed by atoms with van der Waals surface area (Å²) in [6, 6.07) is 13.4. The predicted octanol–water partition coefficient (Wildman–Crippen LogP) is 4.51. The van der Waals surface area contributed by atoms with Crippen LogP contribution in [0.4, 0.5) is 10.8 Å². The van der Waals surface area contributed by atoms with E-state index in [-0.39, 0.29) is 11.8 Å². The molecule has 2 aromatic carbocycles. The molecule has 2 N–H and O–H groups in total. The van der Waals surface area contributed by atoms with E-state index in [1.807, 2.05) is 30.3 Å². The highest BCUT2D eigenvalue weighted by atomic mass is 35.5. The lowest BCUT2D eigenvalue weighted by Gasteiger charge is -2.41. The molecule has 31 heavy (non-hydrogen) atoms. The molecule has 1 saturated heterocycles. The van der Waals surface area contributed by atoms with Crippen LogP contribution in [0.5, 0.6) is 0 Å². The van der Waals surface area contributed by atoms with E-state index in [4.69, 9.17) is 28.3 Å². The molecule has 2 heterocycles. The van der Waals surface area contributed by atoms with E-state index in [0.717, 1.165) is 16.8 Å². The van der Waals surface area contributed by atoms with Gasteiger partial charge in [0.2, 0.25) is 5.91 Å². The lowest BCUT2D eigenvalue weighted by atomic mass is 9.97. The van der Waals surface area contributed by atoms with Crippen LogP contribution in [0.3, 0.4) is 0 Å². The predicted molar refractivity (Wildman–Crippen MR) is 128 cm³/mol. The topological polar surface area (TPSA) is 79.5 Å². The van der Waals surface area contributed by atoms with E-state index >= 15 is 0 Å². The molecule has 1 aliphatic heterocycles. The van der Waals surface area contributed by atoms with Crippen molar-refractivity contribution in [2.75, 3.05) is 29.9 Å². The van der Waals surface area contributed by atoms with Crippen molar-refractivity contribution in [3.05, 3.63) is 58.2 Å². The smallest absolute Gasteiger partial charge is 0.235 e. The molecule has 4 rings (SSSR count). The van der Waals surface area contributed by atoms with Gasteiger partial charge in [-0.25, -0.2) is 14.3 Å². The number of hydrogen-bond donors (Lipinski definition) is 1. The summed E-state index contributed by atoms with van der Waals surface area (Å²) in [5.74, 6) is -0.134. The zero-order valence-electron chi connectivity index (χ0n) is 16.8. The van der Waals surface area contributed by atoms with Gasteiger partial charge in [0.05, 0.1) is 11.6 Å². The quantitative estimate of drug-likeness (QED) is 0.565. The number of anilines is 2. The Morgan fingerprint density at radius 1 is 1.23 bits per heavy atom. The second-order valence-electron chi connectivity index (χ2n) is 7.34. The van der Waals surface area contributed by atoms with Crippen LogP contribution >= 0.6 is 34.5 Å². The van der Waals surface area contributed by atoms with Gasteiger partial charge >= 0.3 is 0 Å². The zero-order valence-corrected chi connectivity index (χ0v) is 20.0. The summed E-state index contributed by atoms with van der Waals surface area (Å²) in [6.45, 7) is 2.99. The molecule has 1 amide bonds. The van der Waals surface area contributed by atoms with Crippen molar-refractivity contribution in [2.45, 2.75) is 11.1 Å². The van der Waals surface area contributed by atoms with Gasteiger partial charge in [0.25, 0.3) is 0 Å². The van der Waals surface area contributed by atoms with Crippen molar-refractivity contribution in [2.24, 2.45) is 11.1 Å². The van der Waals surface area contributed by atoms with Gasteiger partial charge in [-0.15, -0.1) is 0 Å². The van der Waals surface area contributed by atoms with Crippen LogP contribution in [0.1, 0.15) is 5.69 Å². The number of benzene rings is 2. The first-order valence-corrected chi connectivity index (χ1v) is 12.2. The summed E-state index contributed by atoms with van der Waals surface area (Å²) < 4.78 is 12.0. The molecule has 10 heteroatoms. The first-order chi connectivity index (χ1) is 14.7. The first-order valence-electron chi connectivity index (χ1n) is 9.46. The van der Waals surface area contributed by atoms with Crippen molar-refractivity contribution >= 4 is 62.3 Å². The van der Waals surface area contributed by atoms with Crippen molar-refractivity contribution in [1.82, 2.24) is 4.98 Å². The van der Waals surface area contributed by atoms with Gasteiger partial charge in [0.15, 0.2) is 5.13 Å². The number of rotatable bonds is 5. The van der Waals surface area contributed by atoms with Crippen LogP contribution in [-0.4, -0.2) is 35.2 Å². The van der Waals surface area contributed by atoms with Gasteiger partial charge in [-0.3, -0.25) is 9.69 Å². The molecule has 1 unspecified atom stereocenters. The van der Waals surface area contributed by atoms with Crippen molar-refractivity contribution in [3.63, 3.8) is 0 Å². The highest BCUT2D eigenvalue weighted by molar-refractivity contribution is 7.85. The molecular weight excluding hydrogens is 475 g/mol. The number of carbonyl (C=O) groups excluding carboxylic acids is 1. The summed E-state index contributed by atoms with van der Waals surface area (Å²) >= 11 is 13.6. The Kier molecular flexibility index (Phi) is 6.37. The highest BCUT2D eigenvalue weighted by Gasteiger charge is 2.36. The number of nitrogens with zero attached hydrogens (tertiary/aromatic N) is 3. The molecule has 0 aliphatic carbocycles. The summed E-state index contributed by atoms with van der Waals surface area (Å²) in [5, 5.41) is 7.26. The van der Waals surface area contributed by atoms with E-state index < -0.39 is 11.0 Å². The molecule has 0 bridgehead atoms. The first kappa shape index (κ1) is 22.2. The van der Waals surface area contributed by atoms with Gasteiger partial charge in [0.1, 0.15) is 15.2 Å². The summed E-state index contributed by atoms with van der Waals surface area (Å²) in [5.41, 5.74) is 3.50. The molecule has 162 valence electrons. The Labute approximate surface area is 197 Å². The lowest BCUT2D eigenvalue weighted by molar-refractivity contribution is -0.122. The number of hydrogen-bond acceptors (Lipinski definition) is 5. The van der Waals surface area contributed by atoms with Crippen LogP contribution in [0.25, 0.3) is 11.1 Å². The average molecular weight is 495 g/mol. The Morgan fingerprint density at radius 2 is 1.90 bits per heavy atom. The van der Waals surface area contributed by atoms with Gasteiger partial charge in [-0.2, -0.15) is 0 Å². The highest BCUT2D eigenvalue weighted by Crippen LogP contribution is 2.34. The second-order valence-corrected chi connectivity index (χ2v) is 10.4. The molecule has 0 spiro atoms. The largest absolute Gasteiger partial charge is 0.370 e. The minimum atomic E-state index is -1.60. The van der Waals surface area contributed by atoms with Crippen LogP contribution in [-0.2, 0) is 15.8 Å². The molecular formula is C21H20Cl2N4O2S2. The van der Waals surface area contributed by atoms with Gasteiger partial charge in [-0.1, -0.05) is 46.7 Å². The van der Waals surface area contributed by atoms with E-state index in [1.165, 1.54) is 16.2 Å². The Hall–Kier alpha value is -1.97. The summed E-state index contributed by atoms with van der Waals surface area (Å²) in [4.78, 5) is 20.8. The van der Waals surface area contributed by atoms with Gasteiger partial charge < -0.3 is 4.90 Å². The molecule has 0 radical (unpaired) electrons. The number of nitrogens with two attached hydrogens (primary N) is 1. The molecule has 3 aromatic rings. The van der Waals surface area contributed by atoms with E-state index in [0.29, 0.717) is 38.2 Å². The molecule has 1 aromatic heterocycles. The van der Waals surface area contributed by atoms with E-state index in [9.17, 15) is 9.00 Å². The second kappa shape index (κ2) is 8.88. The normalized spacial score (nSPS) is 14.9. The number of amides is 1. The zero-order chi connectivity index (χ0) is 22.3. The molecule has 1 atom stereocenters. The Bertz CT molecular complexity index is 1160. The third-order valence-corrected chi connectivity index (χ3v) is 8.24. The van der Waals surface area contributed by atoms with Crippen LogP contribution in [0, 0.1) is 12.8 Å². The number of aryl methyl sites for hydroxylation is 1. The SMILES string of the molecule is Cc1nc(N(C)C(=O)C2CN(c3ccc(-c4cc(Cl)ccc4Cl)cc3)C2)sc1S(N)=O. The number of halogens is 2. The minimum absolute atomic E-state index is 0.0123. The number of carbonyl (C=O) groups is 1. The third kappa shape index (κ3) is 4.49. The fourth-order valence-electron chi connectivity index (χ4n) is 3.48.